The lowest BCUT2D eigenvalue weighted by atomic mass is 10.4. The lowest BCUT2D eigenvalue weighted by molar-refractivity contribution is -0.133. The Hall–Kier alpha value is -1.05. The number of carboxylic acids is 1. The Balaban J connectivity index is 2.52. The van der Waals surface area contributed by atoms with Crippen LogP contribution in [0.4, 0.5) is 0 Å². The Labute approximate surface area is 117 Å². The molecule has 0 aliphatic rings. The molecule has 0 aromatic carbocycles. The van der Waals surface area contributed by atoms with Gasteiger partial charge in [-0.05, 0) is 14.0 Å². The highest BCUT2D eigenvalue weighted by Crippen LogP contribution is 2.17. The molecule has 6 nitrogen and oxygen atoms in total. The summed E-state index contributed by atoms with van der Waals surface area (Å²) in [5, 5.41) is 9.47. The second-order valence-corrected chi connectivity index (χ2v) is 5.25. The van der Waals surface area contributed by atoms with Crippen molar-refractivity contribution in [1.82, 2.24) is 14.5 Å². The predicted octanol–water partition coefficient (Wildman–Crippen LogP) is 0.946. The molecule has 0 aliphatic heterocycles. The highest BCUT2D eigenvalue weighted by Gasteiger charge is 2.10. The summed E-state index contributed by atoms with van der Waals surface area (Å²) in [7, 11) is 3.73. The van der Waals surface area contributed by atoms with Crippen LogP contribution in [0.1, 0.15) is 5.69 Å². The highest BCUT2D eigenvalue weighted by atomic mass is 32.2. The van der Waals surface area contributed by atoms with E-state index in [9.17, 15) is 4.79 Å². The molecule has 7 heteroatoms. The maximum Gasteiger partial charge on any atom is 0.313 e. The van der Waals surface area contributed by atoms with E-state index in [1.54, 1.807) is 13.3 Å². The molecule has 1 heterocycles. The van der Waals surface area contributed by atoms with Gasteiger partial charge in [-0.25, -0.2) is 4.98 Å². The molecule has 1 rings (SSSR count). The third kappa shape index (κ3) is 5.63. The minimum Gasteiger partial charge on any atom is -0.481 e. The van der Waals surface area contributed by atoms with Gasteiger partial charge in [-0.15, -0.1) is 0 Å². The minimum atomic E-state index is -0.825. The molecule has 0 fully saturated rings. The summed E-state index contributed by atoms with van der Waals surface area (Å²) in [6, 6.07) is 0. The van der Waals surface area contributed by atoms with E-state index in [1.807, 2.05) is 14.0 Å². The van der Waals surface area contributed by atoms with E-state index >= 15 is 0 Å². The fourth-order valence-corrected chi connectivity index (χ4v) is 2.35. The van der Waals surface area contributed by atoms with Crippen LogP contribution in [0.25, 0.3) is 0 Å². The number of carbonyl (C=O) groups is 1. The predicted molar refractivity (Wildman–Crippen MR) is 74.7 cm³/mol. The van der Waals surface area contributed by atoms with Crippen LogP contribution in [0.5, 0.6) is 0 Å². The Morgan fingerprint density at radius 2 is 2.32 bits per heavy atom. The number of aliphatic carboxylic acids is 1. The molecule has 19 heavy (non-hydrogen) atoms. The van der Waals surface area contributed by atoms with Crippen molar-refractivity contribution < 1.29 is 14.6 Å². The van der Waals surface area contributed by atoms with Crippen molar-refractivity contribution in [2.24, 2.45) is 0 Å². The number of hydrogen-bond donors (Lipinski definition) is 1. The van der Waals surface area contributed by atoms with Crippen molar-refractivity contribution in [3.05, 3.63) is 11.9 Å². The quantitative estimate of drug-likeness (QED) is 0.682. The van der Waals surface area contributed by atoms with E-state index in [2.05, 4.69) is 14.5 Å². The van der Waals surface area contributed by atoms with Crippen LogP contribution in [-0.4, -0.2) is 65.1 Å². The minimum absolute atomic E-state index is 0.0377. The summed E-state index contributed by atoms with van der Waals surface area (Å²) in [4.78, 5) is 17.0. The van der Waals surface area contributed by atoms with Gasteiger partial charge in [0.05, 0.1) is 12.4 Å². The van der Waals surface area contributed by atoms with Gasteiger partial charge in [0.1, 0.15) is 0 Å². The number of imidazole rings is 1. The molecule has 108 valence electrons. The zero-order valence-corrected chi connectivity index (χ0v) is 12.4. The summed E-state index contributed by atoms with van der Waals surface area (Å²) in [5.74, 6) is -0.787. The molecule has 1 N–H and O–H groups in total. The first-order valence-corrected chi connectivity index (χ1v) is 7.07. The zero-order chi connectivity index (χ0) is 14.3. The smallest absolute Gasteiger partial charge is 0.313 e. The SMILES string of the molecule is COCCN(C)CCn1c(C)cnc1SCC(=O)O. The molecule has 1 aromatic heterocycles. The standard InChI is InChI=1S/C12H21N3O3S/c1-10-8-13-12(19-9-11(16)17)15(10)5-4-14(2)6-7-18-3/h8H,4-7,9H2,1-3H3,(H,16,17). The molecule has 0 bridgehead atoms. The number of aromatic nitrogens is 2. The summed E-state index contributed by atoms with van der Waals surface area (Å²) in [6.45, 7) is 5.24. The molecular formula is C12H21N3O3S. The van der Waals surface area contributed by atoms with Crippen molar-refractivity contribution in [1.29, 1.82) is 0 Å². The van der Waals surface area contributed by atoms with Crippen LogP contribution in [0.15, 0.2) is 11.4 Å². The molecule has 0 radical (unpaired) electrons. The van der Waals surface area contributed by atoms with Gasteiger partial charge in [0.15, 0.2) is 5.16 Å². The Kier molecular flexibility index (Phi) is 6.90. The largest absolute Gasteiger partial charge is 0.481 e. The summed E-state index contributed by atoms with van der Waals surface area (Å²) in [5.41, 5.74) is 1.05. The second-order valence-electron chi connectivity index (χ2n) is 4.31. The van der Waals surface area contributed by atoms with Gasteiger partial charge in [0.25, 0.3) is 0 Å². The van der Waals surface area contributed by atoms with Crippen LogP contribution < -0.4 is 0 Å². The van der Waals surface area contributed by atoms with E-state index in [0.717, 1.165) is 30.5 Å². The molecule has 0 saturated heterocycles. The number of carboxylic acid groups (broad SMARTS) is 1. The average molecular weight is 287 g/mol. The number of aryl methyl sites for hydroxylation is 1. The Bertz CT molecular complexity index is 409. The number of methoxy groups -OCH3 is 1. The summed E-state index contributed by atoms with van der Waals surface area (Å²) >= 11 is 1.25. The Morgan fingerprint density at radius 1 is 1.58 bits per heavy atom. The number of likely N-dealkylation sites (N-methyl/N-ethyl adjacent to an activating group) is 1. The topological polar surface area (TPSA) is 67.6 Å². The molecule has 0 saturated carbocycles. The maximum absolute atomic E-state index is 10.6. The van der Waals surface area contributed by atoms with Crippen LogP contribution in [0, 0.1) is 6.92 Å². The van der Waals surface area contributed by atoms with E-state index < -0.39 is 5.97 Å². The van der Waals surface area contributed by atoms with E-state index in [-0.39, 0.29) is 5.75 Å². The summed E-state index contributed by atoms with van der Waals surface area (Å²) < 4.78 is 7.08. The van der Waals surface area contributed by atoms with Gasteiger partial charge >= 0.3 is 5.97 Å². The van der Waals surface area contributed by atoms with Gasteiger partial charge in [0, 0.05) is 38.6 Å². The number of rotatable bonds is 9. The molecule has 0 aliphatic carbocycles. The molecule has 0 unspecified atom stereocenters. The van der Waals surface area contributed by atoms with Crippen molar-refractivity contribution >= 4 is 17.7 Å². The van der Waals surface area contributed by atoms with Gasteiger partial charge in [-0.2, -0.15) is 0 Å². The maximum atomic E-state index is 10.6. The zero-order valence-electron chi connectivity index (χ0n) is 11.6. The molecular weight excluding hydrogens is 266 g/mol. The van der Waals surface area contributed by atoms with Crippen molar-refractivity contribution in [3.8, 4) is 0 Å². The van der Waals surface area contributed by atoms with E-state index in [4.69, 9.17) is 9.84 Å². The third-order valence-corrected chi connectivity index (χ3v) is 3.70. The van der Waals surface area contributed by atoms with Crippen LogP contribution >= 0.6 is 11.8 Å². The molecule has 0 amide bonds. The van der Waals surface area contributed by atoms with Gasteiger partial charge < -0.3 is 19.3 Å². The van der Waals surface area contributed by atoms with Crippen molar-refractivity contribution in [3.63, 3.8) is 0 Å². The van der Waals surface area contributed by atoms with Crippen LogP contribution in [0.2, 0.25) is 0 Å². The third-order valence-electron chi connectivity index (χ3n) is 2.73. The molecule has 0 spiro atoms. The first kappa shape index (κ1) is 16.0. The van der Waals surface area contributed by atoms with Gasteiger partial charge in [-0.3, -0.25) is 4.79 Å². The summed E-state index contributed by atoms with van der Waals surface area (Å²) in [6.07, 6.45) is 1.78. The fraction of sp³-hybridized carbons (Fsp3) is 0.667. The van der Waals surface area contributed by atoms with Crippen molar-refractivity contribution in [2.75, 3.05) is 39.6 Å². The number of hydrogen-bond acceptors (Lipinski definition) is 5. The molecule has 0 atom stereocenters. The highest BCUT2D eigenvalue weighted by molar-refractivity contribution is 7.99. The van der Waals surface area contributed by atoms with E-state index in [0.29, 0.717) is 6.61 Å². The van der Waals surface area contributed by atoms with Crippen molar-refractivity contribution in [2.45, 2.75) is 18.6 Å². The van der Waals surface area contributed by atoms with Gasteiger partial charge in [-0.1, -0.05) is 11.8 Å². The first-order chi connectivity index (χ1) is 9.04. The Morgan fingerprint density at radius 3 is 2.95 bits per heavy atom. The lowest BCUT2D eigenvalue weighted by Crippen LogP contribution is -2.27. The van der Waals surface area contributed by atoms with Crippen LogP contribution in [0.3, 0.4) is 0 Å². The lowest BCUT2D eigenvalue weighted by Gasteiger charge is -2.17. The number of nitrogens with zero attached hydrogens (tertiary/aromatic N) is 3. The number of ether oxygens (including phenoxy) is 1. The number of thioether (sulfide) groups is 1. The monoisotopic (exact) mass is 287 g/mol. The second kappa shape index (κ2) is 8.19. The van der Waals surface area contributed by atoms with E-state index in [1.165, 1.54) is 11.8 Å². The van der Waals surface area contributed by atoms with Gasteiger partial charge in [0.2, 0.25) is 0 Å². The average Bonchev–Trinajstić information content (AvgIpc) is 2.72. The first-order valence-electron chi connectivity index (χ1n) is 6.08. The van der Waals surface area contributed by atoms with Crippen LogP contribution in [-0.2, 0) is 16.1 Å². The fourth-order valence-electron chi connectivity index (χ4n) is 1.58. The molecule has 1 aromatic rings. The normalized spacial score (nSPS) is 11.2.